The maximum atomic E-state index is 12.5. The van der Waals surface area contributed by atoms with E-state index in [9.17, 15) is 4.79 Å². The van der Waals surface area contributed by atoms with Crippen molar-refractivity contribution in [3.63, 3.8) is 0 Å². The zero-order valence-electron chi connectivity index (χ0n) is 13.4. The van der Waals surface area contributed by atoms with Gasteiger partial charge in [0.05, 0.1) is 6.04 Å². The summed E-state index contributed by atoms with van der Waals surface area (Å²) in [6.07, 6.45) is 3.44. The SMILES string of the molecule is CSCc1ccc(C(=O)NC(CCCO)c2ccccc2)cc1. The highest BCUT2D eigenvalue weighted by Crippen LogP contribution is 2.19. The number of aliphatic hydroxyl groups excluding tert-OH is 1. The molecule has 0 fully saturated rings. The Morgan fingerprint density at radius 3 is 2.43 bits per heavy atom. The van der Waals surface area contributed by atoms with E-state index in [0.717, 1.165) is 17.7 Å². The number of carbonyl (C=O) groups is 1. The van der Waals surface area contributed by atoms with Gasteiger partial charge < -0.3 is 10.4 Å². The number of amides is 1. The molecular weight excluding hydrogens is 306 g/mol. The van der Waals surface area contributed by atoms with Crippen molar-refractivity contribution in [3.8, 4) is 0 Å². The van der Waals surface area contributed by atoms with E-state index in [4.69, 9.17) is 5.11 Å². The van der Waals surface area contributed by atoms with Gasteiger partial charge in [-0.2, -0.15) is 11.8 Å². The summed E-state index contributed by atoms with van der Waals surface area (Å²) in [6.45, 7) is 0.128. The lowest BCUT2D eigenvalue weighted by Gasteiger charge is -2.19. The highest BCUT2D eigenvalue weighted by molar-refractivity contribution is 7.97. The third-order valence-electron chi connectivity index (χ3n) is 3.69. The Morgan fingerprint density at radius 2 is 1.83 bits per heavy atom. The van der Waals surface area contributed by atoms with E-state index in [0.29, 0.717) is 12.0 Å². The van der Waals surface area contributed by atoms with Gasteiger partial charge in [-0.1, -0.05) is 42.5 Å². The number of carbonyl (C=O) groups excluding carboxylic acids is 1. The Bertz CT molecular complexity index is 599. The van der Waals surface area contributed by atoms with Gasteiger partial charge in [-0.3, -0.25) is 4.79 Å². The molecule has 2 N–H and O–H groups in total. The van der Waals surface area contributed by atoms with Crippen LogP contribution in [0.1, 0.15) is 40.4 Å². The van der Waals surface area contributed by atoms with Gasteiger partial charge in [-0.25, -0.2) is 0 Å². The number of aliphatic hydroxyl groups is 1. The third-order valence-corrected chi connectivity index (χ3v) is 4.31. The van der Waals surface area contributed by atoms with Crippen LogP contribution >= 0.6 is 11.8 Å². The molecule has 0 aromatic heterocycles. The fourth-order valence-electron chi connectivity index (χ4n) is 2.46. The normalized spacial score (nSPS) is 11.9. The van der Waals surface area contributed by atoms with E-state index in [1.54, 1.807) is 11.8 Å². The third kappa shape index (κ3) is 5.41. The van der Waals surface area contributed by atoms with Crippen LogP contribution in [-0.4, -0.2) is 23.9 Å². The number of hydrogen-bond donors (Lipinski definition) is 2. The summed E-state index contributed by atoms with van der Waals surface area (Å²) in [6, 6.07) is 17.5. The maximum Gasteiger partial charge on any atom is 0.251 e. The van der Waals surface area contributed by atoms with E-state index in [1.807, 2.05) is 54.6 Å². The number of thioether (sulfide) groups is 1. The Labute approximate surface area is 142 Å². The highest BCUT2D eigenvalue weighted by atomic mass is 32.2. The first kappa shape index (κ1) is 17.6. The predicted octanol–water partition coefficient (Wildman–Crippen LogP) is 3.79. The van der Waals surface area contributed by atoms with Crippen molar-refractivity contribution in [2.24, 2.45) is 0 Å². The second kappa shape index (κ2) is 9.38. The standard InChI is InChI=1S/C19H23NO2S/c1-23-14-15-9-11-17(12-10-15)19(22)20-18(8-5-13-21)16-6-3-2-4-7-16/h2-4,6-7,9-12,18,21H,5,8,13-14H2,1H3,(H,20,22). The van der Waals surface area contributed by atoms with Crippen molar-refractivity contribution in [1.82, 2.24) is 5.32 Å². The molecular formula is C19H23NO2S. The van der Waals surface area contributed by atoms with Crippen molar-refractivity contribution in [2.45, 2.75) is 24.6 Å². The average Bonchev–Trinajstić information content (AvgIpc) is 2.60. The summed E-state index contributed by atoms with van der Waals surface area (Å²) in [5, 5.41) is 12.2. The molecule has 2 rings (SSSR count). The molecule has 1 amide bonds. The minimum atomic E-state index is -0.0817. The van der Waals surface area contributed by atoms with Crippen LogP contribution in [0.5, 0.6) is 0 Å². The predicted molar refractivity (Wildman–Crippen MR) is 96.6 cm³/mol. The lowest BCUT2D eigenvalue weighted by atomic mass is 10.0. The largest absolute Gasteiger partial charge is 0.396 e. The Kier molecular flexibility index (Phi) is 7.17. The summed E-state index contributed by atoms with van der Waals surface area (Å²) >= 11 is 1.76. The van der Waals surface area contributed by atoms with Crippen molar-refractivity contribution >= 4 is 17.7 Å². The second-order valence-electron chi connectivity index (χ2n) is 5.43. The fourth-order valence-corrected chi connectivity index (χ4v) is 2.99. The van der Waals surface area contributed by atoms with Gasteiger partial charge in [0.2, 0.25) is 0 Å². The van der Waals surface area contributed by atoms with Crippen LogP contribution in [0.25, 0.3) is 0 Å². The lowest BCUT2D eigenvalue weighted by molar-refractivity contribution is 0.0932. The van der Waals surface area contributed by atoms with Crippen LogP contribution in [0.4, 0.5) is 0 Å². The Morgan fingerprint density at radius 1 is 1.13 bits per heavy atom. The van der Waals surface area contributed by atoms with Crippen molar-refractivity contribution in [2.75, 3.05) is 12.9 Å². The van der Waals surface area contributed by atoms with Crippen LogP contribution in [0.15, 0.2) is 54.6 Å². The summed E-state index contributed by atoms with van der Waals surface area (Å²) in [7, 11) is 0. The van der Waals surface area contributed by atoms with Gasteiger partial charge in [-0.15, -0.1) is 0 Å². The second-order valence-corrected chi connectivity index (χ2v) is 6.30. The van der Waals surface area contributed by atoms with Gasteiger partial charge in [0, 0.05) is 17.9 Å². The Hall–Kier alpha value is -1.78. The first-order valence-corrected chi connectivity index (χ1v) is 9.18. The molecule has 0 aliphatic carbocycles. The average molecular weight is 329 g/mol. The van der Waals surface area contributed by atoms with Gasteiger partial charge in [-0.05, 0) is 42.4 Å². The minimum Gasteiger partial charge on any atom is -0.396 e. The molecule has 0 aliphatic rings. The first-order chi connectivity index (χ1) is 11.2. The van der Waals surface area contributed by atoms with E-state index >= 15 is 0 Å². The molecule has 0 saturated heterocycles. The lowest BCUT2D eigenvalue weighted by Crippen LogP contribution is -2.28. The number of benzene rings is 2. The van der Waals surface area contributed by atoms with Crippen molar-refractivity contribution in [1.29, 1.82) is 0 Å². The summed E-state index contributed by atoms with van der Waals surface area (Å²) in [5.74, 6) is 0.873. The fraction of sp³-hybridized carbons (Fsp3) is 0.316. The molecule has 1 atom stereocenters. The molecule has 4 heteroatoms. The van der Waals surface area contributed by atoms with Crippen molar-refractivity contribution < 1.29 is 9.90 Å². The van der Waals surface area contributed by atoms with E-state index < -0.39 is 0 Å². The molecule has 0 spiro atoms. The Balaban J connectivity index is 2.07. The van der Waals surface area contributed by atoms with Crippen molar-refractivity contribution in [3.05, 3.63) is 71.3 Å². The maximum absolute atomic E-state index is 12.5. The van der Waals surface area contributed by atoms with E-state index in [1.165, 1.54) is 5.56 Å². The van der Waals surface area contributed by atoms with Crippen LogP contribution in [0, 0.1) is 0 Å². The summed E-state index contributed by atoms with van der Waals surface area (Å²) in [5.41, 5.74) is 2.95. The number of nitrogens with one attached hydrogen (secondary N) is 1. The zero-order chi connectivity index (χ0) is 16.5. The smallest absolute Gasteiger partial charge is 0.251 e. The van der Waals surface area contributed by atoms with Gasteiger partial charge >= 0.3 is 0 Å². The minimum absolute atomic E-state index is 0.0764. The summed E-state index contributed by atoms with van der Waals surface area (Å²) < 4.78 is 0. The molecule has 2 aromatic rings. The summed E-state index contributed by atoms with van der Waals surface area (Å²) in [4.78, 5) is 12.5. The van der Waals surface area contributed by atoms with Gasteiger partial charge in [0.1, 0.15) is 0 Å². The van der Waals surface area contributed by atoms with Gasteiger partial charge in [0.15, 0.2) is 0 Å². The molecule has 0 heterocycles. The molecule has 122 valence electrons. The molecule has 1 unspecified atom stereocenters. The molecule has 0 saturated carbocycles. The molecule has 0 radical (unpaired) electrons. The molecule has 23 heavy (non-hydrogen) atoms. The topological polar surface area (TPSA) is 49.3 Å². The highest BCUT2D eigenvalue weighted by Gasteiger charge is 2.15. The number of hydrogen-bond acceptors (Lipinski definition) is 3. The van der Waals surface area contributed by atoms with E-state index in [2.05, 4.69) is 11.6 Å². The van der Waals surface area contributed by atoms with Crippen LogP contribution in [0.3, 0.4) is 0 Å². The first-order valence-electron chi connectivity index (χ1n) is 7.79. The quantitative estimate of drug-likeness (QED) is 0.774. The molecule has 2 aromatic carbocycles. The molecule has 0 aliphatic heterocycles. The van der Waals surface area contributed by atoms with Crippen LogP contribution < -0.4 is 5.32 Å². The number of rotatable bonds is 8. The van der Waals surface area contributed by atoms with Gasteiger partial charge in [0.25, 0.3) is 5.91 Å². The van der Waals surface area contributed by atoms with E-state index in [-0.39, 0.29) is 18.6 Å². The zero-order valence-corrected chi connectivity index (χ0v) is 14.2. The molecule has 3 nitrogen and oxygen atoms in total. The monoisotopic (exact) mass is 329 g/mol. The molecule has 0 bridgehead atoms. The van der Waals surface area contributed by atoms with Crippen LogP contribution in [0.2, 0.25) is 0 Å². The van der Waals surface area contributed by atoms with Crippen LogP contribution in [-0.2, 0) is 5.75 Å².